The zero-order valence-electron chi connectivity index (χ0n) is 10.8. The first-order valence-corrected chi connectivity index (χ1v) is 6.62. The molecule has 20 heavy (non-hydrogen) atoms. The number of para-hydroxylation sites is 1. The zero-order chi connectivity index (χ0) is 13.5. The number of hydrogen-bond donors (Lipinski definition) is 2. The SMILES string of the molecule is O=c1[nH]c(-c2coc3ccccc23)nc2c1CCNC2. The van der Waals surface area contributed by atoms with Gasteiger partial charge in [0.2, 0.25) is 0 Å². The lowest BCUT2D eigenvalue weighted by Gasteiger charge is -2.15. The van der Waals surface area contributed by atoms with E-state index in [2.05, 4.69) is 15.3 Å². The minimum Gasteiger partial charge on any atom is -0.464 e. The fourth-order valence-corrected chi connectivity index (χ4v) is 2.66. The third-order valence-corrected chi connectivity index (χ3v) is 3.68. The largest absolute Gasteiger partial charge is 0.464 e. The second-order valence-electron chi connectivity index (χ2n) is 4.91. The summed E-state index contributed by atoms with van der Waals surface area (Å²) >= 11 is 0. The summed E-state index contributed by atoms with van der Waals surface area (Å²) < 4.78 is 5.51. The van der Waals surface area contributed by atoms with Gasteiger partial charge in [-0.15, -0.1) is 0 Å². The van der Waals surface area contributed by atoms with Crippen molar-refractivity contribution in [3.8, 4) is 11.4 Å². The number of hydrogen-bond acceptors (Lipinski definition) is 4. The molecule has 1 aliphatic rings. The maximum atomic E-state index is 12.2. The third kappa shape index (κ3) is 1.67. The molecule has 0 aliphatic carbocycles. The van der Waals surface area contributed by atoms with Crippen molar-refractivity contribution in [1.29, 1.82) is 0 Å². The molecule has 0 fully saturated rings. The molecule has 3 heterocycles. The molecular weight excluding hydrogens is 254 g/mol. The van der Waals surface area contributed by atoms with Crippen molar-refractivity contribution in [1.82, 2.24) is 15.3 Å². The van der Waals surface area contributed by atoms with E-state index in [-0.39, 0.29) is 5.56 Å². The van der Waals surface area contributed by atoms with Crippen molar-refractivity contribution in [3.05, 3.63) is 52.1 Å². The van der Waals surface area contributed by atoms with Crippen LogP contribution in [0.3, 0.4) is 0 Å². The number of fused-ring (bicyclic) bond motifs is 2. The van der Waals surface area contributed by atoms with Crippen molar-refractivity contribution < 1.29 is 4.42 Å². The Morgan fingerprint density at radius 1 is 1.25 bits per heavy atom. The van der Waals surface area contributed by atoms with Crippen LogP contribution in [0.2, 0.25) is 0 Å². The highest BCUT2D eigenvalue weighted by molar-refractivity contribution is 5.91. The monoisotopic (exact) mass is 267 g/mol. The highest BCUT2D eigenvalue weighted by Gasteiger charge is 2.17. The van der Waals surface area contributed by atoms with Gasteiger partial charge in [0.05, 0.1) is 11.3 Å². The fourth-order valence-electron chi connectivity index (χ4n) is 2.66. The first-order valence-electron chi connectivity index (χ1n) is 6.62. The predicted molar refractivity (Wildman–Crippen MR) is 75.5 cm³/mol. The number of benzene rings is 1. The number of H-pyrrole nitrogens is 1. The smallest absolute Gasteiger partial charge is 0.254 e. The maximum Gasteiger partial charge on any atom is 0.254 e. The van der Waals surface area contributed by atoms with Gasteiger partial charge in [-0.25, -0.2) is 4.98 Å². The van der Waals surface area contributed by atoms with Crippen LogP contribution in [0.1, 0.15) is 11.3 Å². The van der Waals surface area contributed by atoms with Crippen LogP contribution in [0, 0.1) is 0 Å². The molecule has 0 radical (unpaired) electrons. The summed E-state index contributed by atoms with van der Waals surface area (Å²) in [5, 5.41) is 4.20. The standard InChI is InChI=1S/C15H13N3O2/c19-15-10-5-6-16-7-12(10)17-14(18-15)11-8-20-13-4-2-1-3-9(11)13/h1-4,8,16H,5-7H2,(H,17,18,19). The minimum atomic E-state index is -0.0446. The van der Waals surface area contributed by atoms with E-state index in [1.165, 1.54) is 0 Å². The van der Waals surface area contributed by atoms with Gasteiger partial charge in [-0.05, 0) is 19.0 Å². The molecule has 5 nitrogen and oxygen atoms in total. The third-order valence-electron chi connectivity index (χ3n) is 3.68. The molecule has 3 aromatic rings. The average Bonchev–Trinajstić information content (AvgIpc) is 2.91. The molecule has 0 spiro atoms. The number of rotatable bonds is 1. The van der Waals surface area contributed by atoms with Crippen LogP contribution in [0.5, 0.6) is 0 Å². The first-order chi connectivity index (χ1) is 9.83. The predicted octanol–water partition coefficient (Wildman–Crippen LogP) is 1.83. The van der Waals surface area contributed by atoms with E-state index in [0.29, 0.717) is 12.4 Å². The summed E-state index contributed by atoms with van der Waals surface area (Å²) in [6, 6.07) is 7.73. The lowest BCUT2D eigenvalue weighted by atomic mass is 10.1. The number of nitrogens with zero attached hydrogens (tertiary/aromatic N) is 1. The summed E-state index contributed by atoms with van der Waals surface area (Å²) in [6.45, 7) is 1.47. The second kappa shape index (κ2) is 4.31. The van der Waals surface area contributed by atoms with Crippen LogP contribution in [0.15, 0.2) is 39.7 Å². The Morgan fingerprint density at radius 3 is 3.10 bits per heavy atom. The van der Waals surface area contributed by atoms with Crippen LogP contribution in [-0.2, 0) is 13.0 Å². The van der Waals surface area contributed by atoms with Gasteiger partial charge in [-0.2, -0.15) is 0 Å². The average molecular weight is 267 g/mol. The maximum absolute atomic E-state index is 12.2. The van der Waals surface area contributed by atoms with Crippen LogP contribution >= 0.6 is 0 Å². The van der Waals surface area contributed by atoms with E-state index in [0.717, 1.165) is 40.8 Å². The van der Waals surface area contributed by atoms with Gasteiger partial charge in [0.25, 0.3) is 5.56 Å². The molecule has 4 rings (SSSR count). The van der Waals surface area contributed by atoms with Crippen LogP contribution in [0.25, 0.3) is 22.4 Å². The number of aromatic nitrogens is 2. The minimum absolute atomic E-state index is 0.0446. The van der Waals surface area contributed by atoms with Crippen molar-refractivity contribution >= 4 is 11.0 Å². The number of aromatic amines is 1. The summed E-state index contributed by atoms with van der Waals surface area (Å²) in [6.07, 6.45) is 2.37. The lowest BCUT2D eigenvalue weighted by Crippen LogP contribution is -2.31. The Hall–Kier alpha value is -2.40. The summed E-state index contributed by atoms with van der Waals surface area (Å²) in [4.78, 5) is 19.6. The second-order valence-corrected chi connectivity index (χ2v) is 4.91. The summed E-state index contributed by atoms with van der Waals surface area (Å²) in [7, 11) is 0. The van der Waals surface area contributed by atoms with E-state index in [9.17, 15) is 4.79 Å². The summed E-state index contributed by atoms with van der Waals surface area (Å²) in [5.41, 5.74) is 3.20. The Kier molecular flexibility index (Phi) is 2.47. The quantitative estimate of drug-likeness (QED) is 0.705. The molecule has 0 saturated heterocycles. The highest BCUT2D eigenvalue weighted by Crippen LogP contribution is 2.28. The van der Waals surface area contributed by atoms with Gasteiger partial charge in [0.15, 0.2) is 0 Å². The Morgan fingerprint density at radius 2 is 2.15 bits per heavy atom. The number of furan rings is 1. The van der Waals surface area contributed by atoms with Crippen LogP contribution in [-0.4, -0.2) is 16.5 Å². The highest BCUT2D eigenvalue weighted by atomic mass is 16.3. The van der Waals surface area contributed by atoms with Crippen LogP contribution < -0.4 is 10.9 Å². The van der Waals surface area contributed by atoms with E-state index in [1.807, 2.05) is 24.3 Å². The molecule has 2 aromatic heterocycles. The molecular formula is C15H13N3O2. The fraction of sp³-hybridized carbons (Fsp3) is 0.200. The van der Waals surface area contributed by atoms with Crippen molar-refractivity contribution in [3.63, 3.8) is 0 Å². The Bertz CT molecular complexity index is 848. The molecule has 0 amide bonds. The summed E-state index contributed by atoms with van der Waals surface area (Å²) in [5.74, 6) is 0.572. The van der Waals surface area contributed by atoms with Gasteiger partial charge in [-0.3, -0.25) is 4.79 Å². The normalized spacial score (nSPS) is 14.4. The molecule has 1 aliphatic heterocycles. The molecule has 0 saturated carbocycles. The van der Waals surface area contributed by atoms with E-state index >= 15 is 0 Å². The first kappa shape index (κ1) is 11.4. The number of nitrogens with one attached hydrogen (secondary N) is 2. The van der Waals surface area contributed by atoms with Gasteiger partial charge in [0, 0.05) is 17.5 Å². The van der Waals surface area contributed by atoms with Crippen LogP contribution in [0.4, 0.5) is 0 Å². The molecule has 0 atom stereocenters. The van der Waals surface area contributed by atoms with Crippen molar-refractivity contribution in [2.75, 3.05) is 6.54 Å². The van der Waals surface area contributed by atoms with Gasteiger partial charge in [0.1, 0.15) is 17.7 Å². The van der Waals surface area contributed by atoms with E-state index in [1.54, 1.807) is 6.26 Å². The molecule has 100 valence electrons. The lowest BCUT2D eigenvalue weighted by molar-refractivity contribution is 0.613. The van der Waals surface area contributed by atoms with Crippen molar-refractivity contribution in [2.24, 2.45) is 0 Å². The molecule has 2 N–H and O–H groups in total. The molecule has 1 aromatic carbocycles. The Labute approximate surface area is 114 Å². The zero-order valence-corrected chi connectivity index (χ0v) is 10.8. The van der Waals surface area contributed by atoms with E-state index < -0.39 is 0 Å². The van der Waals surface area contributed by atoms with Gasteiger partial charge in [-0.1, -0.05) is 18.2 Å². The van der Waals surface area contributed by atoms with Crippen molar-refractivity contribution in [2.45, 2.75) is 13.0 Å². The topological polar surface area (TPSA) is 70.9 Å². The van der Waals surface area contributed by atoms with Gasteiger partial charge >= 0.3 is 0 Å². The molecule has 0 unspecified atom stereocenters. The Balaban J connectivity index is 1.94. The van der Waals surface area contributed by atoms with E-state index in [4.69, 9.17) is 4.42 Å². The molecule has 5 heteroatoms. The van der Waals surface area contributed by atoms with Gasteiger partial charge < -0.3 is 14.7 Å². The molecule has 0 bridgehead atoms.